The first-order valence-electron chi connectivity index (χ1n) is 10.3. The summed E-state index contributed by atoms with van der Waals surface area (Å²) >= 11 is 31.9. The standard InChI is InChI=1S/C24H12Cl2S11/c25-13-1-3-15(27-13)29-17-5-7-19(31-17)33-21-9-11-23(35-21)37-24-12-10-22(36-24)34-20-8-6-18(32-20)30-16-4-2-14(26)28-16/h1-12H. The first-order chi connectivity index (χ1) is 18.0. The molecule has 0 radical (unpaired) electrons. The van der Waals surface area contributed by atoms with Gasteiger partial charge in [-0.25, -0.2) is 0 Å². The van der Waals surface area contributed by atoms with Crippen LogP contribution < -0.4 is 0 Å². The maximum atomic E-state index is 6.06. The number of hydrogen-bond acceptors (Lipinski definition) is 11. The van der Waals surface area contributed by atoms with Crippen molar-refractivity contribution in [3.63, 3.8) is 0 Å². The Balaban J connectivity index is 1.02. The molecule has 0 aliphatic heterocycles. The molecule has 6 aromatic rings. The lowest BCUT2D eigenvalue weighted by Gasteiger charge is -1.95. The lowest BCUT2D eigenvalue weighted by molar-refractivity contribution is 1.62. The van der Waals surface area contributed by atoms with Crippen LogP contribution in [0.3, 0.4) is 0 Å². The molecule has 0 aromatic carbocycles. The van der Waals surface area contributed by atoms with Crippen LogP contribution in [0.5, 0.6) is 0 Å². The van der Waals surface area contributed by atoms with Gasteiger partial charge in [-0.3, -0.25) is 0 Å². The van der Waals surface area contributed by atoms with Crippen molar-refractivity contribution < 1.29 is 0 Å². The molecule has 0 bridgehead atoms. The summed E-state index contributed by atoms with van der Waals surface area (Å²) in [7, 11) is 0. The van der Waals surface area contributed by atoms with Crippen LogP contribution >= 0.6 is 150 Å². The summed E-state index contributed by atoms with van der Waals surface area (Å²) in [5.41, 5.74) is 0. The highest BCUT2D eigenvalue weighted by Gasteiger charge is 2.11. The lowest BCUT2D eigenvalue weighted by atomic mass is 10.7. The van der Waals surface area contributed by atoms with E-state index in [0.717, 1.165) is 8.67 Å². The van der Waals surface area contributed by atoms with Crippen molar-refractivity contribution in [1.29, 1.82) is 0 Å². The van der Waals surface area contributed by atoms with E-state index in [-0.39, 0.29) is 0 Å². The van der Waals surface area contributed by atoms with Crippen molar-refractivity contribution in [3.8, 4) is 0 Å². The van der Waals surface area contributed by atoms with E-state index in [1.807, 2.05) is 92.8 Å². The third-order valence-electron chi connectivity index (χ3n) is 4.33. The Labute approximate surface area is 270 Å². The Hall–Kier alpha value is 0.530. The van der Waals surface area contributed by atoms with Crippen LogP contribution in [0.2, 0.25) is 8.67 Å². The molecule has 0 fully saturated rings. The summed E-state index contributed by atoms with van der Waals surface area (Å²) in [6.45, 7) is 0. The molecule has 188 valence electrons. The fraction of sp³-hybridized carbons (Fsp3) is 0. The summed E-state index contributed by atoms with van der Waals surface area (Å²) in [6.07, 6.45) is 0. The van der Waals surface area contributed by atoms with E-state index in [1.54, 1.807) is 46.2 Å². The van der Waals surface area contributed by atoms with Gasteiger partial charge in [-0.05, 0) is 72.8 Å². The minimum Gasteiger partial charge on any atom is -0.122 e. The average molecular weight is 724 g/mol. The fourth-order valence-corrected chi connectivity index (χ4v) is 17.4. The Morgan fingerprint density at radius 1 is 0.297 bits per heavy atom. The maximum Gasteiger partial charge on any atom is 0.0940 e. The normalized spacial score (nSPS) is 11.5. The number of hydrogen-bond donors (Lipinski definition) is 0. The molecular formula is C24H12Cl2S11. The molecule has 37 heavy (non-hydrogen) atoms. The van der Waals surface area contributed by atoms with Crippen molar-refractivity contribution in [2.45, 2.75) is 42.1 Å². The highest BCUT2D eigenvalue weighted by Crippen LogP contribution is 2.48. The zero-order valence-corrected chi connectivity index (χ0v) is 28.7. The smallest absolute Gasteiger partial charge is 0.0940 e. The zero-order chi connectivity index (χ0) is 25.2. The van der Waals surface area contributed by atoms with Crippen molar-refractivity contribution in [2.75, 3.05) is 0 Å². The lowest BCUT2D eigenvalue weighted by Crippen LogP contribution is -1.57. The van der Waals surface area contributed by atoms with Gasteiger partial charge in [0.25, 0.3) is 0 Å². The second kappa shape index (κ2) is 13.0. The van der Waals surface area contributed by atoms with Crippen molar-refractivity contribution in [1.82, 2.24) is 0 Å². The van der Waals surface area contributed by atoms with E-state index in [0.29, 0.717) is 0 Å². The molecule has 0 spiro atoms. The van der Waals surface area contributed by atoms with Crippen LogP contribution in [0, 0.1) is 0 Å². The Morgan fingerprint density at radius 3 is 0.676 bits per heavy atom. The van der Waals surface area contributed by atoms with Gasteiger partial charge in [-0.2, -0.15) is 0 Å². The predicted molar refractivity (Wildman–Crippen MR) is 177 cm³/mol. The van der Waals surface area contributed by atoms with Crippen LogP contribution in [-0.2, 0) is 0 Å². The highest BCUT2D eigenvalue weighted by molar-refractivity contribution is 8.07. The SMILES string of the molecule is Clc1ccc(Sc2ccc(Sc3ccc(Sc4ccc(Sc5ccc(Sc6ccc(Cl)s6)s5)s4)s3)s2)s1. The Kier molecular flexibility index (Phi) is 9.74. The van der Waals surface area contributed by atoms with Gasteiger partial charge in [0.05, 0.1) is 50.8 Å². The molecule has 0 unspecified atom stereocenters. The maximum absolute atomic E-state index is 6.06. The van der Waals surface area contributed by atoms with Crippen LogP contribution in [0.25, 0.3) is 0 Å². The Bertz CT molecular complexity index is 1490. The average Bonchev–Trinajstić information content (AvgIpc) is 3.69. The van der Waals surface area contributed by atoms with Crippen LogP contribution in [0.4, 0.5) is 0 Å². The molecule has 6 heterocycles. The van der Waals surface area contributed by atoms with Crippen LogP contribution in [0.15, 0.2) is 115 Å². The molecule has 13 heteroatoms. The van der Waals surface area contributed by atoms with Crippen LogP contribution in [0.1, 0.15) is 0 Å². The second-order valence-corrected chi connectivity index (χ2v) is 22.7. The molecule has 0 nitrogen and oxygen atoms in total. The molecule has 0 atom stereocenters. The summed E-state index contributed by atoms with van der Waals surface area (Å²) in [5, 5.41) is 0. The number of thiophene rings is 6. The van der Waals surface area contributed by atoms with Gasteiger partial charge in [-0.15, -0.1) is 68.0 Å². The summed E-state index contributed by atoms with van der Waals surface area (Å²) in [4.78, 5) is 0. The molecule has 6 rings (SSSR count). The van der Waals surface area contributed by atoms with E-state index in [2.05, 4.69) is 60.7 Å². The largest absolute Gasteiger partial charge is 0.122 e. The third-order valence-corrected chi connectivity index (χ3v) is 17.5. The first kappa shape index (κ1) is 27.7. The van der Waals surface area contributed by atoms with E-state index in [4.69, 9.17) is 23.2 Å². The minimum atomic E-state index is 0.837. The first-order valence-corrected chi connectivity index (χ1v) is 20.1. The van der Waals surface area contributed by atoms with Crippen molar-refractivity contribution >= 4 is 150 Å². The highest BCUT2D eigenvalue weighted by atomic mass is 35.5. The zero-order valence-electron chi connectivity index (χ0n) is 18.2. The number of halogens is 2. The summed E-state index contributed by atoms with van der Waals surface area (Å²) in [5.74, 6) is 0. The van der Waals surface area contributed by atoms with Gasteiger partial charge in [-0.1, -0.05) is 82.0 Å². The van der Waals surface area contributed by atoms with E-state index >= 15 is 0 Å². The van der Waals surface area contributed by atoms with E-state index in [9.17, 15) is 0 Å². The van der Waals surface area contributed by atoms with E-state index in [1.165, 1.54) is 42.1 Å². The summed E-state index contributed by atoms with van der Waals surface area (Å²) < 4.78 is 14.6. The quantitative estimate of drug-likeness (QED) is 0.138. The molecule has 0 N–H and O–H groups in total. The van der Waals surface area contributed by atoms with Crippen molar-refractivity contribution in [2.24, 2.45) is 0 Å². The molecular weight excluding hydrogens is 712 g/mol. The third kappa shape index (κ3) is 7.84. The predicted octanol–water partition coefficient (Wildman–Crippen LogP) is 14.1. The molecule has 0 saturated heterocycles. The number of rotatable bonds is 10. The van der Waals surface area contributed by atoms with Crippen LogP contribution in [-0.4, -0.2) is 0 Å². The van der Waals surface area contributed by atoms with Crippen molar-refractivity contribution in [3.05, 3.63) is 81.5 Å². The summed E-state index contributed by atoms with van der Waals surface area (Å²) in [6, 6.07) is 25.9. The Morgan fingerprint density at radius 2 is 0.486 bits per heavy atom. The molecule has 0 aliphatic carbocycles. The van der Waals surface area contributed by atoms with Gasteiger partial charge in [0, 0.05) is 0 Å². The fourth-order valence-electron chi connectivity index (χ4n) is 2.85. The minimum absolute atomic E-state index is 0.837. The monoisotopic (exact) mass is 722 g/mol. The second-order valence-electron chi connectivity index (χ2n) is 6.92. The van der Waals surface area contributed by atoms with Gasteiger partial charge in [0.15, 0.2) is 0 Å². The molecule has 0 saturated carbocycles. The van der Waals surface area contributed by atoms with Gasteiger partial charge in [0.2, 0.25) is 0 Å². The topological polar surface area (TPSA) is 0 Å². The van der Waals surface area contributed by atoms with E-state index < -0.39 is 0 Å². The van der Waals surface area contributed by atoms with Gasteiger partial charge < -0.3 is 0 Å². The molecule has 0 amide bonds. The van der Waals surface area contributed by atoms with Gasteiger partial charge in [0.1, 0.15) is 0 Å². The van der Waals surface area contributed by atoms with Gasteiger partial charge >= 0.3 is 0 Å². The molecule has 6 aromatic heterocycles. The molecule has 0 aliphatic rings.